The van der Waals surface area contributed by atoms with Crippen LogP contribution in [0.25, 0.3) is 0 Å². The van der Waals surface area contributed by atoms with Crippen molar-refractivity contribution in [2.45, 2.75) is 32.6 Å². The van der Waals surface area contributed by atoms with Crippen LogP contribution in [0.3, 0.4) is 0 Å². The summed E-state index contributed by atoms with van der Waals surface area (Å²) in [7, 11) is 0. The lowest BCUT2D eigenvalue weighted by atomic mass is 9.79. The van der Waals surface area contributed by atoms with Crippen LogP contribution in [0.2, 0.25) is 0 Å². The van der Waals surface area contributed by atoms with E-state index in [0.717, 1.165) is 24.2 Å². The molecule has 1 aromatic rings. The van der Waals surface area contributed by atoms with E-state index < -0.39 is 17.8 Å². The van der Waals surface area contributed by atoms with Crippen LogP contribution in [-0.4, -0.2) is 30.1 Å². The van der Waals surface area contributed by atoms with Crippen molar-refractivity contribution in [3.63, 3.8) is 0 Å². The number of carboxylic acids is 1. The van der Waals surface area contributed by atoms with Crippen LogP contribution >= 0.6 is 0 Å². The van der Waals surface area contributed by atoms with E-state index in [9.17, 15) is 14.7 Å². The number of hydrogen-bond acceptors (Lipinski definition) is 3. The molecule has 2 rings (SSSR count). The van der Waals surface area contributed by atoms with E-state index in [1.807, 2.05) is 31.2 Å². The van der Waals surface area contributed by atoms with Gasteiger partial charge in [0, 0.05) is 0 Å². The Hall–Kier alpha value is -2.04. The third-order valence-corrected chi connectivity index (χ3v) is 4.08. The fourth-order valence-corrected chi connectivity index (χ4v) is 2.92. The van der Waals surface area contributed by atoms with E-state index in [1.54, 1.807) is 0 Å². The molecule has 0 saturated heterocycles. The second-order valence-corrected chi connectivity index (χ2v) is 5.79. The molecule has 120 valence electrons. The van der Waals surface area contributed by atoms with Crippen molar-refractivity contribution < 1.29 is 19.4 Å². The minimum atomic E-state index is -0.865. The Bertz CT molecular complexity index is 529. The summed E-state index contributed by atoms with van der Waals surface area (Å²) in [5.74, 6) is -1.22. The molecule has 5 nitrogen and oxygen atoms in total. The molecule has 0 unspecified atom stereocenters. The van der Waals surface area contributed by atoms with Gasteiger partial charge in [0.2, 0.25) is 5.91 Å². The van der Waals surface area contributed by atoms with Crippen molar-refractivity contribution in [2.75, 3.05) is 13.2 Å². The van der Waals surface area contributed by atoms with Gasteiger partial charge in [-0.2, -0.15) is 0 Å². The van der Waals surface area contributed by atoms with Crippen LogP contribution in [0.15, 0.2) is 24.3 Å². The van der Waals surface area contributed by atoms with Gasteiger partial charge in [0.25, 0.3) is 0 Å². The molecule has 1 aromatic carbocycles. The van der Waals surface area contributed by atoms with E-state index in [4.69, 9.17) is 4.74 Å². The molecule has 1 aliphatic carbocycles. The lowest BCUT2D eigenvalue weighted by Gasteiger charge is -2.27. The first-order valence-electron chi connectivity index (χ1n) is 7.78. The van der Waals surface area contributed by atoms with Crippen molar-refractivity contribution in [2.24, 2.45) is 11.8 Å². The second kappa shape index (κ2) is 7.82. The molecule has 5 heteroatoms. The van der Waals surface area contributed by atoms with Crippen LogP contribution in [-0.2, 0) is 9.59 Å². The molecule has 0 radical (unpaired) electrons. The highest BCUT2D eigenvalue weighted by Crippen LogP contribution is 2.30. The summed E-state index contributed by atoms with van der Waals surface area (Å²) in [4.78, 5) is 23.4. The fraction of sp³-hybridized carbons (Fsp3) is 0.529. The van der Waals surface area contributed by atoms with Gasteiger partial charge < -0.3 is 15.2 Å². The molecule has 1 saturated carbocycles. The molecule has 1 aliphatic rings. The first-order chi connectivity index (χ1) is 10.6. The van der Waals surface area contributed by atoms with E-state index in [2.05, 4.69) is 5.32 Å². The number of carbonyl (C=O) groups excluding carboxylic acids is 1. The Balaban J connectivity index is 1.76. The predicted molar refractivity (Wildman–Crippen MR) is 82.8 cm³/mol. The third-order valence-electron chi connectivity index (χ3n) is 4.08. The summed E-state index contributed by atoms with van der Waals surface area (Å²) >= 11 is 0. The van der Waals surface area contributed by atoms with E-state index in [-0.39, 0.29) is 5.91 Å². The second-order valence-electron chi connectivity index (χ2n) is 5.79. The zero-order chi connectivity index (χ0) is 15.9. The highest BCUT2D eigenvalue weighted by Gasteiger charge is 2.35. The van der Waals surface area contributed by atoms with Gasteiger partial charge in [-0.3, -0.25) is 9.59 Å². The Morgan fingerprint density at radius 3 is 2.68 bits per heavy atom. The summed E-state index contributed by atoms with van der Waals surface area (Å²) < 4.78 is 5.57. The van der Waals surface area contributed by atoms with Gasteiger partial charge in [0.1, 0.15) is 12.4 Å². The van der Waals surface area contributed by atoms with Gasteiger partial charge in [-0.1, -0.05) is 25.0 Å². The first kappa shape index (κ1) is 16.3. The minimum absolute atomic E-state index is 0.167. The fourth-order valence-electron chi connectivity index (χ4n) is 2.92. The molecular weight excluding hydrogens is 282 g/mol. The van der Waals surface area contributed by atoms with Gasteiger partial charge in [0.15, 0.2) is 0 Å². The Morgan fingerprint density at radius 1 is 1.27 bits per heavy atom. The number of amides is 1. The lowest BCUT2D eigenvalue weighted by molar-refractivity contribution is -0.148. The Labute approximate surface area is 130 Å². The van der Waals surface area contributed by atoms with Gasteiger partial charge >= 0.3 is 5.97 Å². The standard InChI is InChI=1S/C17H23NO4/c1-12-5-4-6-13(11-12)22-10-9-18-16(19)14-7-2-3-8-15(14)17(20)21/h4-6,11,14-15H,2-3,7-10H2,1H3,(H,18,19)(H,20,21)/t14-,15+/m1/s1. The van der Waals surface area contributed by atoms with Crippen LogP contribution in [0.1, 0.15) is 31.2 Å². The molecule has 0 aliphatic heterocycles. The van der Waals surface area contributed by atoms with Gasteiger partial charge in [-0.15, -0.1) is 0 Å². The molecular formula is C17H23NO4. The zero-order valence-electron chi connectivity index (χ0n) is 12.9. The van der Waals surface area contributed by atoms with Crippen LogP contribution in [0, 0.1) is 18.8 Å². The number of carboxylic acid groups (broad SMARTS) is 1. The van der Waals surface area contributed by atoms with Crippen molar-refractivity contribution in [3.05, 3.63) is 29.8 Å². The summed E-state index contributed by atoms with van der Waals surface area (Å²) in [5.41, 5.74) is 1.12. The molecule has 2 N–H and O–H groups in total. The number of aliphatic carboxylic acids is 1. The number of ether oxygens (including phenoxy) is 1. The van der Waals surface area contributed by atoms with E-state index in [1.165, 1.54) is 0 Å². The molecule has 22 heavy (non-hydrogen) atoms. The summed E-state index contributed by atoms with van der Waals surface area (Å²) in [6.07, 6.45) is 3.05. The predicted octanol–water partition coefficient (Wildman–Crippen LogP) is 2.38. The summed E-state index contributed by atoms with van der Waals surface area (Å²) in [6, 6.07) is 7.71. The van der Waals surface area contributed by atoms with Crippen molar-refractivity contribution in [3.8, 4) is 5.75 Å². The lowest BCUT2D eigenvalue weighted by Crippen LogP contribution is -2.41. The van der Waals surface area contributed by atoms with Crippen LogP contribution in [0.4, 0.5) is 0 Å². The van der Waals surface area contributed by atoms with Gasteiger partial charge in [-0.05, 0) is 37.5 Å². The van der Waals surface area contributed by atoms with Crippen LogP contribution in [0.5, 0.6) is 5.75 Å². The molecule has 0 aromatic heterocycles. The quantitative estimate of drug-likeness (QED) is 0.791. The first-order valence-corrected chi connectivity index (χ1v) is 7.78. The molecule has 0 bridgehead atoms. The summed E-state index contributed by atoms with van der Waals surface area (Å²) in [5, 5.41) is 12.0. The summed E-state index contributed by atoms with van der Waals surface area (Å²) in [6.45, 7) is 2.75. The Morgan fingerprint density at radius 2 is 2.00 bits per heavy atom. The van der Waals surface area contributed by atoms with Crippen molar-refractivity contribution in [1.82, 2.24) is 5.32 Å². The molecule has 1 fully saturated rings. The topological polar surface area (TPSA) is 75.6 Å². The normalized spacial score (nSPS) is 21.1. The van der Waals surface area contributed by atoms with Gasteiger partial charge in [0.05, 0.1) is 18.4 Å². The smallest absolute Gasteiger partial charge is 0.307 e. The largest absolute Gasteiger partial charge is 0.492 e. The average molecular weight is 305 g/mol. The Kier molecular flexibility index (Phi) is 5.81. The average Bonchev–Trinajstić information content (AvgIpc) is 2.51. The van der Waals surface area contributed by atoms with Gasteiger partial charge in [-0.25, -0.2) is 0 Å². The molecule has 1 amide bonds. The maximum atomic E-state index is 12.1. The van der Waals surface area contributed by atoms with E-state index >= 15 is 0 Å². The van der Waals surface area contributed by atoms with Crippen molar-refractivity contribution >= 4 is 11.9 Å². The number of rotatable bonds is 6. The highest BCUT2D eigenvalue weighted by molar-refractivity contribution is 5.84. The number of aryl methyl sites for hydroxylation is 1. The number of benzene rings is 1. The maximum absolute atomic E-state index is 12.1. The SMILES string of the molecule is Cc1cccc(OCCNC(=O)[C@@H]2CCCC[C@@H]2C(=O)O)c1. The number of hydrogen-bond donors (Lipinski definition) is 2. The molecule has 0 spiro atoms. The number of nitrogens with one attached hydrogen (secondary N) is 1. The minimum Gasteiger partial charge on any atom is -0.492 e. The van der Waals surface area contributed by atoms with Crippen molar-refractivity contribution in [1.29, 1.82) is 0 Å². The molecule has 2 atom stereocenters. The zero-order valence-corrected chi connectivity index (χ0v) is 12.9. The maximum Gasteiger partial charge on any atom is 0.307 e. The molecule has 0 heterocycles. The highest BCUT2D eigenvalue weighted by atomic mass is 16.5. The van der Waals surface area contributed by atoms with E-state index in [0.29, 0.717) is 26.0 Å². The third kappa shape index (κ3) is 4.48. The number of carbonyl (C=O) groups is 2. The monoisotopic (exact) mass is 305 g/mol. The van der Waals surface area contributed by atoms with Crippen LogP contribution < -0.4 is 10.1 Å².